The van der Waals surface area contributed by atoms with Gasteiger partial charge in [0.05, 0.1) is 6.10 Å². The maximum absolute atomic E-state index is 11.1. The first-order valence-electron chi connectivity index (χ1n) is 10.7. The third kappa shape index (κ3) is 13.3. The second kappa shape index (κ2) is 15.9. The molecule has 0 aliphatic heterocycles. The first-order chi connectivity index (χ1) is 12.5. The molecule has 1 fully saturated rings. The first kappa shape index (κ1) is 25.1. The van der Waals surface area contributed by atoms with Gasteiger partial charge in [-0.3, -0.25) is 0 Å². The fraction of sp³-hybridized carbons (Fsp3) is 0.952. The topological polar surface area (TPSA) is 26.3 Å². The third-order valence-electron chi connectivity index (χ3n) is 5.40. The normalized spacial score (nSPS) is 17.3. The van der Waals surface area contributed by atoms with Gasteiger partial charge in [-0.25, -0.2) is 0 Å². The number of carbonyl (C=O) groups excluding carboxylic acids is 1. The zero-order valence-electron chi connectivity index (χ0n) is 16.2. The molecule has 1 aliphatic rings. The minimum atomic E-state index is -0.434. The summed E-state index contributed by atoms with van der Waals surface area (Å²) in [5.41, 5.74) is 0. The number of carbonyl (C=O) groups is 1. The Morgan fingerprint density at radius 2 is 1.31 bits per heavy atom. The van der Waals surface area contributed by atoms with Gasteiger partial charge in [-0.1, -0.05) is 125 Å². The summed E-state index contributed by atoms with van der Waals surface area (Å²) in [7, 11) is 0. The van der Waals surface area contributed by atoms with Crippen LogP contribution in [0.15, 0.2) is 0 Å². The van der Waals surface area contributed by atoms with Crippen LogP contribution in [0.4, 0.5) is 0 Å². The molecule has 0 bridgehead atoms. The molecule has 0 heterocycles. The molecule has 0 radical (unpaired) electrons. The summed E-state index contributed by atoms with van der Waals surface area (Å²) in [6.07, 6.45) is 22.2. The highest BCUT2D eigenvalue weighted by atomic mass is 80.0. The van der Waals surface area contributed by atoms with Crippen LogP contribution in [0.1, 0.15) is 103 Å². The largest absolute Gasteiger partial charge is 0.378 e. The summed E-state index contributed by atoms with van der Waals surface area (Å²) >= 11 is 10.4. The Morgan fingerprint density at radius 3 is 1.81 bits per heavy atom. The summed E-state index contributed by atoms with van der Waals surface area (Å²) in [4.78, 5) is 11.1. The summed E-state index contributed by atoms with van der Waals surface area (Å²) in [6, 6.07) is 0. The molecule has 0 amide bonds. The van der Waals surface area contributed by atoms with Crippen molar-refractivity contribution in [1.82, 2.24) is 0 Å². The number of halogens is 3. The molecule has 0 aromatic carbocycles. The van der Waals surface area contributed by atoms with Gasteiger partial charge >= 0.3 is 0 Å². The van der Waals surface area contributed by atoms with Gasteiger partial charge in [-0.2, -0.15) is 0 Å². The van der Waals surface area contributed by atoms with Crippen LogP contribution in [0.5, 0.6) is 0 Å². The molecule has 0 N–H and O–H groups in total. The summed E-state index contributed by atoms with van der Waals surface area (Å²) in [6.45, 7) is 0.977. The molecule has 1 atom stereocenters. The number of rotatable bonds is 15. The molecule has 26 heavy (non-hydrogen) atoms. The fourth-order valence-electron chi connectivity index (χ4n) is 3.67. The molecule has 1 aliphatic carbocycles. The van der Waals surface area contributed by atoms with Crippen molar-refractivity contribution in [2.75, 3.05) is 6.61 Å². The van der Waals surface area contributed by atoms with E-state index in [4.69, 9.17) is 4.74 Å². The van der Waals surface area contributed by atoms with E-state index in [2.05, 4.69) is 47.8 Å². The Labute approximate surface area is 186 Å². The van der Waals surface area contributed by atoms with Gasteiger partial charge < -0.3 is 9.53 Å². The van der Waals surface area contributed by atoms with E-state index in [9.17, 15) is 4.79 Å². The molecule has 0 saturated heterocycles. The van der Waals surface area contributed by atoms with Crippen LogP contribution in [0.2, 0.25) is 0 Å². The van der Waals surface area contributed by atoms with Crippen LogP contribution >= 0.6 is 47.8 Å². The van der Waals surface area contributed by atoms with E-state index in [0.717, 1.165) is 25.7 Å². The number of aldehydes is 1. The molecule has 154 valence electrons. The van der Waals surface area contributed by atoms with Crippen molar-refractivity contribution >= 4 is 54.1 Å². The second-order valence-corrected chi connectivity index (χ2v) is 14.7. The van der Waals surface area contributed by atoms with E-state index in [1.165, 1.54) is 89.9 Å². The van der Waals surface area contributed by atoms with Crippen LogP contribution in [-0.2, 0) is 9.53 Å². The second-order valence-electron chi connectivity index (χ2n) is 7.74. The van der Waals surface area contributed by atoms with Gasteiger partial charge in [0.2, 0.25) is 0 Å². The van der Waals surface area contributed by atoms with Gasteiger partial charge in [0, 0.05) is 12.5 Å². The number of unbranched alkanes of at least 4 members (excludes halogenated alkanes) is 9. The van der Waals surface area contributed by atoms with Crippen molar-refractivity contribution in [3.8, 4) is 0 Å². The van der Waals surface area contributed by atoms with Crippen LogP contribution in [0, 0.1) is 5.92 Å². The van der Waals surface area contributed by atoms with E-state index in [-0.39, 0.29) is 5.92 Å². The van der Waals surface area contributed by atoms with Gasteiger partial charge in [0.25, 0.3) is 0 Å². The fourth-order valence-corrected chi connectivity index (χ4v) is 4.68. The average Bonchev–Trinajstić information content (AvgIpc) is 2.62. The van der Waals surface area contributed by atoms with Crippen molar-refractivity contribution < 1.29 is 9.53 Å². The van der Waals surface area contributed by atoms with Crippen LogP contribution in [-0.4, -0.2) is 21.1 Å². The quantitative estimate of drug-likeness (QED) is 0.114. The zero-order chi connectivity index (χ0) is 19.1. The van der Waals surface area contributed by atoms with Crippen LogP contribution < -0.4 is 0 Å². The highest BCUT2D eigenvalue weighted by Gasteiger charge is 2.29. The molecule has 0 aromatic heterocycles. The molecule has 1 unspecified atom stereocenters. The van der Waals surface area contributed by atoms with Crippen LogP contribution in [0.3, 0.4) is 0 Å². The monoisotopic (exact) mass is 558 g/mol. The third-order valence-corrected chi connectivity index (χ3v) is 7.16. The van der Waals surface area contributed by atoms with Gasteiger partial charge in [-0.15, -0.1) is 0 Å². The zero-order valence-corrected chi connectivity index (χ0v) is 21.0. The van der Waals surface area contributed by atoms with Crippen molar-refractivity contribution in [3.63, 3.8) is 0 Å². The maximum Gasteiger partial charge on any atom is 0.144 e. The lowest BCUT2D eigenvalue weighted by Crippen LogP contribution is -2.18. The number of hydrogen-bond acceptors (Lipinski definition) is 2. The van der Waals surface area contributed by atoms with Crippen LogP contribution in [0.25, 0.3) is 0 Å². The smallest absolute Gasteiger partial charge is 0.144 e. The molecular weight excluding hydrogens is 524 g/mol. The van der Waals surface area contributed by atoms with E-state index in [1.807, 2.05) is 0 Å². The SMILES string of the molecule is O=CC(CCCCCCCCCCCCOC1CCCCC1)C(Br)(Br)Br. The molecular formula is C21H37Br3O2. The van der Waals surface area contributed by atoms with Crippen molar-refractivity contribution in [1.29, 1.82) is 0 Å². The van der Waals surface area contributed by atoms with Gasteiger partial charge in [0.15, 0.2) is 0 Å². The Hall–Kier alpha value is 1.07. The Bertz CT molecular complexity index is 339. The number of hydrogen-bond donors (Lipinski definition) is 0. The lowest BCUT2D eigenvalue weighted by molar-refractivity contribution is -0.110. The molecule has 1 saturated carbocycles. The predicted octanol–water partition coefficient (Wildman–Crippen LogP) is 8.28. The highest BCUT2D eigenvalue weighted by molar-refractivity contribution is 9.39. The lowest BCUT2D eigenvalue weighted by atomic mass is 9.98. The van der Waals surface area contributed by atoms with E-state index in [0.29, 0.717) is 6.10 Å². The molecule has 0 spiro atoms. The van der Waals surface area contributed by atoms with Gasteiger partial charge in [-0.05, 0) is 25.7 Å². The minimum absolute atomic E-state index is 0.0235. The molecule has 2 nitrogen and oxygen atoms in total. The average molecular weight is 561 g/mol. The predicted molar refractivity (Wildman–Crippen MR) is 123 cm³/mol. The number of ether oxygens (including phenoxy) is 1. The van der Waals surface area contributed by atoms with Gasteiger partial charge in [0.1, 0.15) is 8.43 Å². The maximum atomic E-state index is 11.1. The Kier molecular flexibility index (Phi) is 15.4. The summed E-state index contributed by atoms with van der Waals surface area (Å²) in [5.74, 6) is -0.0235. The summed E-state index contributed by atoms with van der Waals surface area (Å²) in [5, 5.41) is 0. The minimum Gasteiger partial charge on any atom is -0.378 e. The summed E-state index contributed by atoms with van der Waals surface area (Å²) < 4.78 is 5.55. The lowest BCUT2D eigenvalue weighted by Gasteiger charge is -2.21. The van der Waals surface area contributed by atoms with E-state index >= 15 is 0 Å². The van der Waals surface area contributed by atoms with Crippen molar-refractivity contribution in [3.05, 3.63) is 0 Å². The highest BCUT2D eigenvalue weighted by Crippen LogP contribution is 2.42. The van der Waals surface area contributed by atoms with Crippen molar-refractivity contribution in [2.45, 2.75) is 111 Å². The first-order valence-corrected chi connectivity index (χ1v) is 13.1. The number of alkyl halides is 3. The van der Waals surface area contributed by atoms with E-state index in [1.54, 1.807) is 0 Å². The Balaban J connectivity index is 1.78. The Morgan fingerprint density at radius 1 is 0.808 bits per heavy atom. The standard InChI is InChI=1S/C21H37Br3O2/c22-21(23,24)19(18-25)14-10-7-5-3-1-2-4-6-8-13-17-26-20-15-11-9-12-16-20/h18-20H,1-17H2. The molecule has 0 aromatic rings. The van der Waals surface area contributed by atoms with E-state index < -0.39 is 2.14 Å². The molecule has 5 heteroatoms. The molecule has 1 rings (SSSR count). The van der Waals surface area contributed by atoms with Crippen molar-refractivity contribution in [2.24, 2.45) is 5.92 Å².